The summed E-state index contributed by atoms with van der Waals surface area (Å²) in [5, 5.41) is 12.9. The monoisotopic (exact) mass is 752 g/mol. The molecule has 1 heterocycles. The number of fused-ring (bicyclic) bond motifs is 13. The van der Waals surface area contributed by atoms with Gasteiger partial charge in [-0.05, 0) is 98.4 Å². The zero-order chi connectivity index (χ0) is 38.2. The summed E-state index contributed by atoms with van der Waals surface area (Å²) in [5.41, 5.74) is 9.51. The minimum atomic E-state index is -0.656. The van der Waals surface area contributed by atoms with Gasteiger partial charge in [0.05, 0.1) is 5.41 Å². The molecule has 0 amide bonds. The van der Waals surface area contributed by atoms with Crippen LogP contribution in [0.5, 0.6) is 0 Å². The smallest absolute Gasteiger partial charge is 0.0736 e. The summed E-state index contributed by atoms with van der Waals surface area (Å²) in [4.78, 5) is 2.66. The normalized spacial score (nSPS) is 13.2. The van der Waals surface area contributed by atoms with Gasteiger partial charge in [0.1, 0.15) is 0 Å². The Morgan fingerprint density at radius 3 is 1.16 bits per heavy atom. The zero-order valence-electron chi connectivity index (χ0n) is 31.7. The number of hydrogen-bond acceptors (Lipinski definition) is 1. The highest BCUT2D eigenvalue weighted by atomic mass is 32.2. The molecular weight excluding hydrogens is 717 g/mol. The number of benzene rings is 11. The van der Waals surface area contributed by atoms with E-state index in [9.17, 15) is 0 Å². The molecule has 0 aliphatic carbocycles. The minimum Gasteiger partial charge on any atom is -0.0880 e. The first-order valence-corrected chi connectivity index (χ1v) is 20.9. The maximum absolute atomic E-state index is 2.43. The van der Waals surface area contributed by atoms with Crippen molar-refractivity contribution >= 4 is 65.6 Å². The fourth-order valence-corrected chi connectivity index (χ4v) is 11.7. The lowest BCUT2D eigenvalue weighted by molar-refractivity contribution is 0.724. The van der Waals surface area contributed by atoms with Crippen LogP contribution >= 0.6 is 11.8 Å². The van der Waals surface area contributed by atoms with Crippen LogP contribution < -0.4 is 0 Å². The third-order valence-corrected chi connectivity index (χ3v) is 13.8. The molecule has 0 bridgehead atoms. The summed E-state index contributed by atoms with van der Waals surface area (Å²) in [7, 11) is 0. The summed E-state index contributed by atoms with van der Waals surface area (Å²) in [6, 6.07) is 81.4. The van der Waals surface area contributed by atoms with E-state index in [1.54, 1.807) is 0 Å². The first-order valence-electron chi connectivity index (χ1n) is 20.1. The highest BCUT2D eigenvalue weighted by Crippen LogP contribution is 2.62. The van der Waals surface area contributed by atoms with Gasteiger partial charge in [0.25, 0.3) is 0 Å². The summed E-state index contributed by atoms with van der Waals surface area (Å²) in [6.45, 7) is 0. The lowest BCUT2D eigenvalue weighted by Crippen LogP contribution is -2.35. The first kappa shape index (κ1) is 33.2. The molecule has 0 unspecified atom stereocenters. The van der Waals surface area contributed by atoms with Crippen molar-refractivity contribution in [3.63, 3.8) is 0 Å². The molecular formula is C57H36S. The van der Waals surface area contributed by atoms with Crippen LogP contribution in [0.2, 0.25) is 0 Å². The molecule has 0 aromatic heterocycles. The van der Waals surface area contributed by atoms with Crippen molar-refractivity contribution in [1.29, 1.82) is 0 Å². The molecule has 58 heavy (non-hydrogen) atoms. The lowest BCUT2D eigenvalue weighted by atomic mass is 9.62. The van der Waals surface area contributed by atoms with E-state index in [0.717, 1.165) is 0 Å². The molecule has 0 atom stereocenters. The van der Waals surface area contributed by atoms with Crippen LogP contribution in [0.3, 0.4) is 0 Å². The molecule has 0 fully saturated rings. The summed E-state index contributed by atoms with van der Waals surface area (Å²) >= 11 is 1.96. The Morgan fingerprint density at radius 2 is 0.655 bits per heavy atom. The zero-order valence-corrected chi connectivity index (χ0v) is 32.5. The average Bonchev–Trinajstić information content (AvgIpc) is 3.31. The maximum atomic E-state index is 2.43. The van der Waals surface area contributed by atoms with E-state index in [1.807, 2.05) is 11.8 Å². The van der Waals surface area contributed by atoms with E-state index in [-0.39, 0.29) is 0 Å². The third-order valence-electron chi connectivity index (χ3n) is 12.5. The van der Waals surface area contributed by atoms with E-state index in [4.69, 9.17) is 0 Å². The summed E-state index contributed by atoms with van der Waals surface area (Å²) < 4.78 is 0. The van der Waals surface area contributed by atoms with Gasteiger partial charge >= 0.3 is 0 Å². The van der Waals surface area contributed by atoms with Gasteiger partial charge in [-0.2, -0.15) is 0 Å². The second kappa shape index (κ2) is 13.1. The highest BCUT2D eigenvalue weighted by molar-refractivity contribution is 8.00. The van der Waals surface area contributed by atoms with Crippen LogP contribution in [-0.4, -0.2) is 0 Å². The Balaban J connectivity index is 1.24. The van der Waals surface area contributed by atoms with Crippen molar-refractivity contribution in [1.82, 2.24) is 0 Å². The predicted molar refractivity (Wildman–Crippen MR) is 247 cm³/mol. The standard InChI is InChI=1S/C57H36S/c1-3-17-37(18-4-1)42-31-15-19-39-20-16-32-43(52(39)42)38-33-35-41(36-34-38)57(40-21-5-2-6-22-40)53-48-27-11-7-23-44(48)46-25-9-13-29-50(46)55(53)58-56-51-30-14-10-26-47(51)45-24-8-12-28-49(45)54(56)57/h1-36H. The summed E-state index contributed by atoms with van der Waals surface area (Å²) in [6.07, 6.45) is 0. The van der Waals surface area contributed by atoms with E-state index in [0.29, 0.717) is 0 Å². The molecule has 0 saturated carbocycles. The van der Waals surface area contributed by atoms with Crippen LogP contribution in [0.25, 0.3) is 76.1 Å². The third kappa shape index (κ3) is 4.72. The Bertz CT molecular complexity index is 3270. The molecule has 0 N–H and O–H groups in total. The number of hydrogen-bond donors (Lipinski definition) is 0. The molecule has 0 radical (unpaired) electrons. The Morgan fingerprint density at radius 1 is 0.276 bits per heavy atom. The predicted octanol–water partition coefficient (Wildman–Crippen LogP) is 15.6. The molecule has 1 aliphatic heterocycles. The van der Waals surface area contributed by atoms with Crippen molar-refractivity contribution in [2.24, 2.45) is 0 Å². The Kier molecular flexibility index (Phi) is 7.48. The van der Waals surface area contributed by atoms with Gasteiger partial charge in [-0.3, -0.25) is 0 Å². The van der Waals surface area contributed by atoms with E-state index in [1.165, 1.54) is 108 Å². The SMILES string of the molecule is c1ccc(-c2cccc3cccc(-c4ccc(C5(c6ccccc6)c6c(c7ccccc7c7ccccc67)Sc6c5c5ccccc5c5ccccc65)cc4)c23)cc1. The van der Waals surface area contributed by atoms with Crippen molar-refractivity contribution in [3.8, 4) is 22.3 Å². The van der Waals surface area contributed by atoms with Gasteiger partial charge < -0.3 is 0 Å². The van der Waals surface area contributed by atoms with Crippen LogP contribution in [-0.2, 0) is 5.41 Å². The van der Waals surface area contributed by atoms with Crippen molar-refractivity contribution in [2.75, 3.05) is 0 Å². The molecule has 0 saturated heterocycles. The van der Waals surface area contributed by atoms with Crippen LogP contribution in [0.1, 0.15) is 22.3 Å². The van der Waals surface area contributed by atoms with Gasteiger partial charge in [0.2, 0.25) is 0 Å². The van der Waals surface area contributed by atoms with Gasteiger partial charge in [-0.15, -0.1) is 0 Å². The molecule has 1 heteroatoms. The van der Waals surface area contributed by atoms with E-state index >= 15 is 0 Å². The average molecular weight is 753 g/mol. The maximum Gasteiger partial charge on any atom is 0.0736 e. The second-order valence-corrected chi connectivity index (χ2v) is 16.5. The largest absolute Gasteiger partial charge is 0.0880 e. The second-order valence-electron chi connectivity index (χ2n) is 15.5. The molecule has 1 aliphatic rings. The molecule has 270 valence electrons. The van der Waals surface area contributed by atoms with Gasteiger partial charge in [0, 0.05) is 9.79 Å². The van der Waals surface area contributed by atoms with Gasteiger partial charge in [-0.1, -0.05) is 230 Å². The van der Waals surface area contributed by atoms with Crippen molar-refractivity contribution in [3.05, 3.63) is 241 Å². The van der Waals surface area contributed by atoms with Crippen LogP contribution in [0, 0.1) is 0 Å². The molecule has 11 aromatic rings. The molecule has 0 spiro atoms. The van der Waals surface area contributed by atoms with Crippen LogP contribution in [0.4, 0.5) is 0 Å². The Hall–Kier alpha value is -6.93. The lowest BCUT2D eigenvalue weighted by Gasteiger charge is -2.44. The van der Waals surface area contributed by atoms with Crippen LogP contribution in [0.15, 0.2) is 228 Å². The first-order chi connectivity index (χ1) is 28.8. The molecule has 0 nitrogen and oxygen atoms in total. The quantitative estimate of drug-likeness (QED) is 0.161. The summed E-state index contributed by atoms with van der Waals surface area (Å²) in [5.74, 6) is 0. The minimum absolute atomic E-state index is 0.656. The fourth-order valence-electron chi connectivity index (χ4n) is 10.2. The molecule has 11 aromatic carbocycles. The highest BCUT2D eigenvalue weighted by Gasteiger charge is 2.47. The molecule has 12 rings (SSSR count). The van der Waals surface area contributed by atoms with Crippen molar-refractivity contribution in [2.45, 2.75) is 15.2 Å². The Labute approximate surface area is 342 Å². The van der Waals surface area contributed by atoms with Gasteiger partial charge in [-0.25, -0.2) is 0 Å². The van der Waals surface area contributed by atoms with Gasteiger partial charge in [0.15, 0.2) is 0 Å². The number of rotatable bonds is 4. The topological polar surface area (TPSA) is 0 Å². The fraction of sp³-hybridized carbons (Fsp3) is 0.0175. The van der Waals surface area contributed by atoms with E-state index < -0.39 is 5.41 Å². The van der Waals surface area contributed by atoms with E-state index in [2.05, 4.69) is 218 Å². The van der Waals surface area contributed by atoms with Crippen molar-refractivity contribution < 1.29 is 0 Å².